The van der Waals surface area contributed by atoms with Crippen molar-refractivity contribution in [1.82, 2.24) is 9.97 Å². The fraction of sp³-hybridized carbons (Fsp3) is 0.0909. The molecule has 3 nitrogen and oxygen atoms in total. The predicted molar refractivity (Wildman–Crippen MR) is 54.0 cm³/mol. The Morgan fingerprint density at radius 1 is 1.21 bits per heavy atom. The number of rotatable bonds is 2. The van der Waals surface area contributed by atoms with Crippen LogP contribution >= 0.6 is 0 Å². The zero-order chi connectivity index (χ0) is 9.80. The van der Waals surface area contributed by atoms with Crippen molar-refractivity contribution in [2.24, 2.45) is 0 Å². The highest BCUT2D eigenvalue weighted by atomic mass is 16.5. The average Bonchev–Trinajstić information content (AvgIpc) is 2.30. The number of pyridine rings is 2. The van der Waals surface area contributed by atoms with E-state index in [1.807, 2.05) is 24.3 Å². The minimum absolute atomic E-state index is 0.744. The minimum Gasteiger partial charge on any atom is -0.495 e. The second-order valence-corrected chi connectivity index (χ2v) is 2.83. The second-order valence-electron chi connectivity index (χ2n) is 2.83. The molecule has 0 radical (unpaired) electrons. The zero-order valence-electron chi connectivity index (χ0n) is 7.84. The second kappa shape index (κ2) is 3.87. The van der Waals surface area contributed by atoms with Gasteiger partial charge in [0, 0.05) is 18.0 Å². The van der Waals surface area contributed by atoms with E-state index in [2.05, 4.69) is 9.97 Å². The Kier molecular flexibility index (Phi) is 2.40. The average molecular weight is 186 g/mol. The molecule has 2 rings (SSSR count). The fourth-order valence-electron chi connectivity index (χ4n) is 1.20. The first kappa shape index (κ1) is 8.69. The van der Waals surface area contributed by atoms with Crippen LogP contribution in [0, 0.1) is 0 Å². The molecule has 0 saturated heterocycles. The first-order chi connectivity index (χ1) is 6.90. The summed E-state index contributed by atoms with van der Waals surface area (Å²) in [6.07, 6.45) is 5.20. The molecule has 0 unspecified atom stereocenters. The van der Waals surface area contributed by atoms with Crippen molar-refractivity contribution in [2.75, 3.05) is 7.11 Å². The summed E-state index contributed by atoms with van der Waals surface area (Å²) in [6, 6.07) is 7.69. The quantitative estimate of drug-likeness (QED) is 0.720. The molecule has 0 N–H and O–H groups in total. The van der Waals surface area contributed by atoms with Crippen LogP contribution in [0.1, 0.15) is 0 Å². The normalized spacial score (nSPS) is 9.79. The highest BCUT2D eigenvalue weighted by molar-refractivity contribution is 5.59. The summed E-state index contributed by atoms with van der Waals surface area (Å²) >= 11 is 0. The van der Waals surface area contributed by atoms with Crippen molar-refractivity contribution >= 4 is 0 Å². The van der Waals surface area contributed by atoms with Crippen LogP contribution in [-0.2, 0) is 0 Å². The summed E-state index contributed by atoms with van der Waals surface area (Å²) in [5, 5.41) is 0. The van der Waals surface area contributed by atoms with E-state index in [0.29, 0.717) is 0 Å². The molecule has 2 aromatic heterocycles. The van der Waals surface area contributed by atoms with Gasteiger partial charge in [-0.05, 0) is 18.2 Å². The third-order valence-electron chi connectivity index (χ3n) is 1.91. The molecule has 0 aliphatic heterocycles. The van der Waals surface area contributed by atoms with Crippen molar-refractivity contribution in [3.8, 4) is 17.0 Å². The van der Waals surface area contributed by atoms with E-state index < -0.39 is 0 Å². The predicted octanol–water partition coefficient (Wildman–Crippen LogP) is 2.15. The maximum absolute atomic E-state index is 5.09. The lowest BCUT2D eigenvalue weighted by molar-refractivity contribution is 0.413. The Bertz CT molecular complexity index is 415. The van der Waals surface area contributed by atoms with Gasteiger partial charge in [0.25, 0.3) is 0 Å². The summed E-state index contributed by atoms with van der Waals surface area (Å²) in [5.41, 5.74) is 1.86. The molecular formula is C11H10N2O. The van der Waals surface area contributed by atoms with Gasteiger partial charge < -0.3 is 4.74 Å². The maximum Gasteiger partial charge on any atom is 0.137 e. The van der Waals surface area contributed by atoms with Gasteiger partial charge in [0.1, 0.15) is 5.75 Å². The summed E-state index contributed by atoms with van der Waals surface area (Å²) in [5.74, 6) is 0.744. The highest BCUT2D eigenvalue weighted by Gasteiger charge is 1.99. The van der Waals surface area contributed by atoms with Crippen LogP contribution in [0.2, 0.25) is 0 Å². The van der Waals surface area contributed by atoms with E-state index in [-0.39, 0.29) is 0 Å². The van der Waals surface area contributed by atoms with Crippen LogP contribution in [-0.4, -0.2) is 17.1 Å². The molecular weight excluding hydrogens is 176 g/mol. The largest absolute Gasteiger partial charge is 0.495 e. The van der Waals surface area contributed by atoms with Gasteiger partial charge in [0.15, 0.2) is 0 Å². The smallest absolute Gasteiger partial charge is 0.137 e. The van der Waals surface area contributed by atoms with Gasteiger partial charge >= 0.3 is 0 Å². The molecule has 0 bridgehead atoms. The molecule has 2 heterocycles. The number of methoxy groups -OCH3 is 1. The third kappa shape index (κ3) is 1.71. The third-order valence-corrected chi connectivity index (χ3v) is 1.91. The molecule has 0 atom stereocenters. The molecule has 0 saturated carbocycles. The summed E-state index contributed by atoms with van der Waals surface area (Å²) in [4.78, 5) is 8.30. The lowest BCUT2D eigenvalue weighted by atomic mass is 10.2. The summed E-state index contributed by atoms with van der Waals surface area (Å²) < 4.78 is 5.09. The molecule has 0 fully saturated rings. The van der Waals surface area contributed by atoms with Gasteiger partial charge in [-0.1, -0.05) is 6.07 Å². The molecule has 0 aliphatic carbocycles. The van der Waals surface area contributed by atoms with Crippen molar-refractivity contribution in [3.63, 3.8) is 0 Å². The van der Waals surface area contributed by atoms with E-state index in [1.165, 1.54) is 0 Å². The topological polar surface area (TPSA) is 35.0 Å². The monoisotopic (exact) mass is 186 g/mol. The van der Waals surface area contributed by atoms with E-state index in [9.17, 15) is 0 Å². The number of hydrogen-bond donors (Lipinski definition) is 0. The van der Waals surface area contributed by atoms with Crippen LogP contribution in [0.15, 0.2) is 42.9 Å². The van der Waals surface area contributed by atoms with Crippen molar-refractivity contribution in [3.05, 3.63) is 42.9 Å². The van der Waals surface area contributed by atoms with Crippen LogP contribution in [0.4, 0.5) is 0 Å². The van der Waals surface area contributed by atoms with Crippen LogP contribution in [0.25, 0.3) is 11.3 Å². The van der Waals surface area contributed by atoms with Gasteiger partial charge in [-0.15, -0.1) is 0 Å². The molecule has 3 heteroatoms. The zero-order valence-corrected chi connectivity index (χ0v) is 7.84. The summed E-state index contributed by atoms with van der Waals surface area (Å²) in [6.45, 7) is 0. The van der Waals surface area contributed by atoms with Crippen LogP contribution in [0.5, 0.6) is 5.75 Å². The molecule has 70 valence electrons. The Morgan fingerprint density at radius 3 is 2.86 bits per heavy atom. The molecule has 0 aromatic carbocycles. The molecule has 0 spiro atoms. The fourth-order valence-corrected chi connectivity index (χ4v) is 1.20. The van der Waals surface area contributed by atoms with Crippen molar-refractivity contribution in [1.29, 1.82) is 0 Å². The number of ether oxygens (including phenoxy) is 1. The van der Waals surface area contributed by atoms with Gasteiger partial charge in [-0.2, -0.15) is 0 Å². The Balaban J connectivity index is 2.42. The van der Waals surface area contributed by atoms with Gasteiger partial charge in [0.2, 0.25) is 0 Å². The lowest BCUT2D eigenvalue weighted by Crippen LogP contribution is -1.87. The lowest BCUT2D eigenvalue weighted by Gasteiger charge is -2.02. The number of aromatic nitrogens is 2. The first-order valence-electron chi connectivity index (χ1n) is 4.30. The van der Waals surface area contributed by atoms with Crippen molar-refractivity contribution < 1.29 is 4.74 Å². The van der Waals surface area contributed by atoms with E-state index in [4.69, 9.17) is 4.74 Å². The maximum atomic E-state index is 5.09. The first-order valence-corrected chi connectivity index (χ1v) is 4.30. The Hall–Kier alpha value is -1.90. The summed E-state index contributed by atoms with van der Waals surface area (Å²) in [7, 11) is 1.62. The molecule has 0 aliphatic rings. The van der Waals surface area contributed by atoms with Crippen LogP contribution < -0.4 is 4.74 Å². The van der Waals surface area contributed by atoms with E-state index in [1.54, 1.807) is 25.7 Å². The van der Waals surface area contributed by atoms with Crippen LogP contribution in [0.3, 0.4) is 0 Å². The molecule has 2 aromatic rings. The number of nitrogens with zero attached hydrogens (tertiary/aromatic N) is 2. The SMILES string of the molecule is COc1cncc(-c2ccccn2)c1. The molecule has 0 amide bonds. The van der Waals surface area contributed by atoms with Crippen molar-refractivity contribution in [2.45, 2.75) is 0 Å². The minimum atomic E-state index is 0.744. The standard InChI is InChI=1S/C11H10N2O/c1-14-10-6-9(7-12-8-10)11-4-2-3-5-13-11/h2-8H,1H3. The van der Waals surface area contributed by atoms with E-state index in [0.717, 1.165) is 17.0 Å². The van der Waals surface area contributed by atoms with E-state index >= 15 is 0 Å². The Morgan fingerprint density at radius 2 is 2.14 bits per heavy atom. The Labute approximate surface area is 82.4 Å². The highest BCUT2D eigenvalue weighted by Crippen LogP contribution is 2.19. The van der Waals surface area contributed by atoms with Gasteiger partial charge in [0.05, 0.1) is 19.0 Å². The molecule has 14 heavy (non-hydrogen) atoms. The van der Waals surface area contributed by atoms with Gasteiger partial charge in [-0.25, -0.2) is 0 Å². The number of hydrogen-bond acceptors (Lipinski definition) is 3. The van der Waals surface area contributed by atoms with Gasteiger partial charge in [-0.3, -0.25) is 9.97 Å².